The van der Waals surface area contributed by atoms with Crippen LogP contribution in [-0.2, 0) is 16.1 Å². The summed E-state index contributed by atoms with van der Waals surface area (Å²) in [5.74, 6) is -2.23. The van der Waals surface area contributed by atoms with Crippen LogP contribution in [0.4, 0.5) is 10.1 Å². The summed E-state index contributed by atoms with van der Waals surface area (Å²) in [5.41, 5.74) is 2.22. The molecule has 1 amide bonds. The molecule has 3 aromatic carbocycles. The largest absolute Gasteiger partial charge is 0.480 e. The Hall–Kier alpha value is -3.41. The lowest BCUT2D eigenvalue weighted by molar-refractivity contribution is -0.139. The van der Waals surface area contributed by atoms with E-state index >= 15 is 0 Å². The van der Waals surface area contributed by atoms with Crippen molar-refractivity contribution in [1.82, 2.24) is 4.90 Å². The van der Waals surface area contributed by atoms with Gasteiger partial charge in [-0.05, 0) is 47.0 Å². The molecule has 0 aromatic heterocycles. The number of hydrogen-bond donors (Lipinski definition) is 1. The normalized spacial score (nSPS) is 17.6. The predicted molar refractivity (Wildman–Crippen MR) is 119 cm³/mol. The van der Waals surface area contributed by atoms with E-state index in [1.54, 1.807) is 22.9 Å². The number of carbonyl (C=O) groups excluding carboxylic acids is 1. The Morgan fingerprint density at radius 3 is 2.58 bits per heavy atom. The van der Waals surface area contributed by atoms with Crippen LogP contribution in [0.2, 0.25) is 0 Å². The highest BCUT2D eigenvalue weighted by molar-refractivity contribution is 5.89. The molecule has 1 heterocycles. The van der Waals surface area contributed by atoms with Gasteiger partial charge in [-0.3, -0.25) is 4.79 Å². The van der Waals surface area contributed by atoms with Gasteiger partial charge >= 0.3 is 5.97 Å². The zero-order valence-corrected chi connectivity index (χ0v) is 17.6. The highest BCUT2D eigenvalue weighted by Gasteiger charge is 2.44. The summed E-state index contributed by atoms with van der Waals surface area (Å²) >= 11 is 0. The lowest BCUT2D eigenvalue weighted by Crippen LogP contribution is -2.42. The minimum absolute atomic E-state index is 0.0177. The summed E-state index contributed by atoms with van der Waals surface area (Å²) < 4.78 is 14.1. The number of carboxylic acid groups (broad SMARTS) is 1. The van der Waals surface area contributed by atoms with E-state index in [1.807, 2.05) is 49.4 Å². The number of carboxylic acids is 1. The lowest BCUT2D eigenvalue weighted by Gasteiger charge is -2.28. The van der Waals surface area contributed by atoms with Crippen molar-refractivity contribution in [3.8, 4) is 0 Å². The second kappa shape index (κ2) is 8.38. The maximum absolute atomic E-state index is 14.1. The van der Waals surface area contributed by atoms with E-state index in [4.69, 9.17) is 0 Å². The summed E-state index contributed by atoms with van der Waals surface area (Å²) in [6, 6.07) is 17.3. The maximum atomic E-state index is 14.1. The van der Waals surface area contributed by atoms with Gasteiger partial charge in [-0.2, -0.15) is 0 Å². The highest BCUT2D eigenvalue weighted by Crippen LogP contribution is 2.44. The van der Waals surface area contributed by atoms with Crippen LogP contribution in [0.15, 0.2) is 60.7 Å². The van der Waals surface area contributed by atoms with E-state index in [0.717, 1.165) is 16.3 Å². The predicted octanol–water partition coefficient (Wildman–Crippen LogP) is 4.40. The van der Waals surface area contributed by atoms with Gasteiger partial charge in [0.2, 0.25) is 5.91 Å². The molecule has 1 aliphatic heterocycles. The van der Waals surface area contributed by atoms with Gasteiger partial charge in [-0.25, -0.2) is 9.18 Å². The van der Waals surface area contributed by atoms with E-state index in [2.05, 4.69) is 0 Å². The van der Waals surface area contributed by atoms with Crippen LogP contribution in [0.25, 0.3) is 10.8 Å². The molecule has 0 spiro atoms. The van der Waals surface area contributed by atoms with Crippen molar-refractivity contribution in [1.29, 1.82) is 0 Å². The number of rotatable bonds is 6. The third kappa shape index (κ3) is 3.85. The summed E-state index contributed by atoms with van der Waals surface area (Å²) in [6.07, 6.45) is 0.0177. The van der Waals surface area contributed by atoms with E-state index in [1.165, 1.54) is 12.1 Å². The molecule has 2 atom stereocenters. The van der Waals surface area contributed by atoms with Crippen molar-refractivity contribution >= 4 is 28.3 Å². The smallest absolute Gasteiger partial charge is 0.327 e. The number of benzene rings is 3. The fourth-order valence-electron chi connectivity index (χ4n) is 4.47. The van der Waals surface area contributed by atoms with Crippen molar-refractivity contribution in [3.05, 3.63) is 77.6 Å². The number of fused-ring (bicyclic) bond motifs is 2. The average Bonchev–Trinajstić information content (AvgIpc) is 3.05. The number of halogens is 1. The minimum Gasteiger partial charge on any atom is -0.480 e. The molecule has 0 saturated carbocycles. The summed E-state index contributed by atoms with van der Waals surface area (Å²) in [7, 11) is 1.69. The van der Waals surface area contributed by atoms with Gasteiger partial charge in [-0.1, -0.05) is 42.5 Å². The summed E-state index contributed by atoms with van der Waals surface area (Å²) in [6.45, 7) is 2.74. The Kier molecular flexibility index (Phi) is 5.63. The summed E-state index contributed by atoms with van der Waals surface area (Å²) in [4.78, 5) is 28.4. The molecule has 0 radical (unpaired) electrons. The summed E-state index contributed by atoms with van der Waals surface area (Å²) in [5, 5.41) is 12.3. The molecule has 6 heteroatoms. The van der Waals surface area contributed by atoms with Crippen LogP contribution < -0.4 is 4.90 Å². The first kappa shape index (κ1) is 20.8. The minimum atomic E-state index is -1.02. The Balaban J connectivity index is 1.78. The van der Waals surface area contributed by atoms with Crippen LogP contribution in [0.1, 0.15) is 30.4 Å². The van der Waals surface area contributed by atoms with Crippen molar-refractivity contribution in [3.63, 3.8) is 0 Å². The third-order valence-corrected chi connectivity index (χ3v) is 6.18. The first-order valence-corrected chi connectivity index (χ1v) is 10.4. The van der Waals surface area contributed by atoms with Gasteiger partial charge in [0.1, 0.15) is 11.9 Å². The number of carbonyl (C=O) groups is 2. The van der Waals surface area contributed by atoms with Crippen LogP contribution in [0.5, 0.6) is 0 Å². The lowest BCUT2D eigenvalue weighted by atomic mass is 9.91. The first-order valence-electron chi connectivity index (χ1n) is 10.4. The monoisotopic (exact) mass is 420 g/mol. The third-order valence-electron chi connectivity index (χ3n) is 6.18. The Bertz CT molecular complexity index is 1140. The Morgan fingerprint density at radius 1 is 1.10 bits per heavy atom. The quantitative estimate of drug-likeness (QED) is 0.642. The standard InChI is InChI=1S/C25H25FN2O3/c1-3-27(2)23(29)14-21-20-13-18(26)11-12-22(20)28(24(21)25(30)31)15-17-9-6-8-16-7-4-5-10-19(16)17/h4-13,21,24H,3,14-15H2,1-2H3,(H,30,31). The SMILES string of the molecule is CCN(C)C(=O)CC1c2cc(F)ccc2N(Cc2cccc3ccccc23)C1C(=O)O. The van der Waals surface area contributed by atoms with Gasteiger partial charge in [0.15, 0.2) is 0 Å². The molecule has 160 valence electrons. The second-order valence-corrected chi connectivity index (χ2v) is 7.97. The van der Waals surface area contributed by atoms with Crippen LogP contribution >= 0.6 is 0 Å². The molecule has 3 aromatic rings. The number of aliphatic carboxylic acids is 1. The molecule has 5 nitrogen and oxygen atoms in total. The van der Waals surface area contributed by atoms with E-state index in [-0.39, 0.29) is 12.3 Å². The second-order valence-electron chi connectivity index (χ2n) is 7.97. The molecule has 31 heavy (non-hydrogen) atoms. The van der Waals surface area contributed by atoms with Crippen LogP contribution in [0.3, 0.4) is 0 Å². The van der Waals surface area contributed by atoms with Gasteiger partial charge < -0.3 is 14.9 Å². The average molecular weight is 420 g/mol. The Morgan fingerprint density at radius 2 is 1.84 bits per heavy atom. The molecule has 1 aliphatic rings. The molecule has 1 N–H and O–H groups in total. The van der Waals surface area contributed by atoms with Crippen molar-refractivity contribution in [2.75, 3.05) is 18.5 Å². The van der Waals surface area contributed by atoms with E-state index < -0.39 is 23.7 Å². The van der Waals surface area contributed by atoms with Crippen LogP contribution in [-0.4, -0.2) is 41.5 Å². The van der Waals surface area contributed by atoms with E-state index in [9.17, 15) is 19.1 Å². The number of hydrogen-bond acceptors (Lipinski definition) is 3. The molecule has 0 fully saturated rings. The molecule has 0 saturated heterocycles. The van der Waals surface area contributed by atoms with Crippen LogP contribution in [0, 0.1) is 5.82 Å². The number of anilines is 1. The first-order chi connectivity index (χ1) is 14.9. The maximum Gasteiger partial charge on any atom is 0.327 e. The Labute approximate surface area is 180 Å². The highest BCUT2D eigenvalue weighted by atomic mass is 19.1. The zero-order valence-electron chi connectivity index (χ0n) is 17.6. The van der Waals surface area contributed by atoms with E-state index in [0.29, 0.717) is 24.3 Å². The zero-order chi connectivity index (χ0) is 22.1. The number of amides is 1. The van der Waals surface area contributed by atoms with Crippen molar-refractivity contribution < 1.29 is 19.1 Å². The van der Waals surface area contributed by atoms with Gasteiger partial charge in [0, 0.05) is 38.2 Å². The number of nitrogens with zero attached hydrogens (tertiary/aromatic N) is 2. The van der Waals surface area contributed by atoms with Gasteiger partial charge in [0.25, 0.3) is 0 Å². The molecule has 4 rings (SSSR count). The van der Waals surface area contributed by atoms with Gasteiger partial charge in [-0.15, -0.1) is 0 Å². The fraction of sp³-hybridized carbons (Fsp3) is 0.280. The molecule has 0 aliphatic carbocycles. The molecule has 0 bridgehead atoms. The topological polar surface area (TPSA) is 60.9 Å². The fourth-order valence-corrected chi connectivity index (χ4v) is 4.47. The van der Waals surface area contributed by atoms with Crippen molar-refractivity contribution in [2.24, 2.45) is 0 Å². The molecular weight excluding hydrogens is 395 g/mol. The van der Waals surface area contributed by atoms with Gasteiger partial charge in [0.05, 0.1) is 0 Å². The molecule has 2 unspecified atom stereocenters. The van der Waals surface area contributed by atoms with Crippen molar-refractivity contribution in [2.45, 2.75) is 31.8 Å². The molecular formula is C25H25FN2O3.